The first-order valence-corrected chi connectivity index (χ1v) is 8.10. The molecule has 0 atom stereocenters. The van der Waals surface area contributed by atoms with Crippen LogP contribution < -0.4 is 0 Å². The molecule has 0 aromatic rings. The largest absolute Gasteiger partial charge is 0.338 e. The van der Waals surface area contributed by atoms with Gasteiger partial charge < -0.3 is 9.05 Å². The van der Waals surface area contributed by atoms with Crippen molar-refractivity contribution in [3.63, 3.8) is 0 Å². The summed E-state index contributed by atoms with van der Waals surface area (Å²) in [7, 11) is -3.26. The van der Waals surface area contributed by atoms with Crippen molar-refractivity contribution in [3.8, 4) is 0 Å². The van der Waals surface area contributed by atoms with E-state index in [1.165, 1.54) is 0 Å². The Labute approximate surface area is 109 Å². The molecule has 0 fully saturated rings. The van der Waals surface area contributed by atoms with E-state index in [2.05, 4.69) is 0 Å². The third-order valence-electron chi connectivity index (χ3n) is 2.52. The van der Waals surface area contributed by atoms with Crippen molar-refractivity contribution in [3.05, 3.63) is 23.8 Å². The zero-order chi connectivity index (χ0) is 13.4. The third-order valence-corrected chi connectivity index (χ3v) is 4.52. The van der Waals surface area contributed by atoms with Crippen molar-refractivity contribution in [2.45, 2.75) is 33.1 Å². The molecule has 0 amide bonds. The van der Waals surface area contributed by atoms with Crippen molar-refractivity contribution >= 4 is 13.4 Å². The van der Waals surface area contributed by atoms with E-state index in [0.717, 1.165) is 24.8 Å². The van der Waals surface area contributed by atoms with Crippen molar-refractivity contribution in [2.75, 3.05) is 19.4 Å². The molecule has 1 aliphatic carbocycles. The minimum absolute atomic E-state index is 0.175. The standard InChI is InChI=1S/C13H21O4P/c1-3-16-18(15,17-4-2)11-13(14)10-12-8-6-5-7-9-12/h6,8,10H,3-5,7,9,11H2,1-2H3/b12-10-. The Morgan fingerprint density at radius 2 is 2.06 bits per heavy atom. The summed E-state index contributed by atoms with van der Waals surface area (Å²) in [5.74, 6) is -0.193. The van der Waals surface area contributed by atoms with Gasteiger partial charge in [0.05, 0.1) is 13.2 Å². The van der Waals surface area contributed by atoms with E-state index < -0.39 is 7.60 Å². The molecule has 0 radical (unpaired) electrons. The van der Waals surface area contributed by atoms with Gasteiger partial charge in [-0.3, -0.25) is 9.36 Å². The highest BCUT2D eigenvalue weighted by Gasteiger charge is 2.26. The van der Waals surface area contributed by atoms with Crippen LogP contribution in [0.4, 0.5) is 0 Å². The Morgan fingerprint density at radius 1 is 1.39 bits per heavy atom. The zero-order valence-corrected chi connectivity index (χ0v) is 11.9. The van der Waals surface area contributed by atoms with Gasteiger partial charge in [0.2, 0.25) is 0 Å². The van der Waals surface area contributed by atoms with Gasteiger partial charge >= 0.3 is 7.60 Å². The summed E-state index contributed by atoms with van der Waals surface area (Å²) < 4.78 is 22.3. The van der Waals surface area contributed by atoms with Crippen LogP contribution in [-0.2, 0) is 18.4 Å². The number of carbonyl (C=O) groups is 1. The number of hydrogen-bond acceptors (Lipinski definition) is 4. The number of hydrogen-bond donors (Lipinski definition) is 0. The predicted molar refractivity (Wildman–Crippen MR) is 71.8 cm³/mol. The van der Waals surface area contributed by atoms with Gasteiger partial charge in [0, 0.05) is 0 Å². The molecule has 0 aliphatic heterocycles. The molecule has 1 aliphatic rings. The highest BCUT2D eigenvalue weighted by Crippen LogP contribution is 2.47. The molecule has 1 rings (SSSR count). The SMILES string of the molecule is CCOP(=O)(CC(=O)/C=C1/C=CCCC1)OCC. The lowest BCUT2D eigenvalue weighted by Crippen LogP contribution is -2.08. The van der Waals surface area contributed by atoms with Gasteiger partial charge in [-0.1, -0.05) is 12.2 Å². The van der Waals surface area contributed by atoms with E-state index in [1.54, 1.807) is 19.9 Å². The van der Waals surface area contributed by atoms with Crippen molar-refractivity contribution in [1.29, 1.82) is 0 Å². The quantitative estimate of drug-likeness (QED) is 0.526. The van der Waals surface area contributed by atoms with Crippen LogP contribution in [0.25, 0.3) is 0 Å². The van der Waals surface area contributed by atoms with Gasteiger partial charge in [0.25, 0.3) is 0 Å². The number of allylic oxidation sites excluding steroid dienone is 4. The molecule has 4 nitrogen and oxygen atoms in total. The lowest BCUT2D eigenvalue weighted by molar-refractivity contribution is -0.112. The Hall–Kier alpha value is -0.700. The van der Waals surface area contributed by atoms with Gasteiger partial charge in [-0.15, -0.1) is 0 Å². The summed E-state index contributed by atoms with van der Waals surface area (Å²) in [5.41, 5.74) is 0.991. The van der Waals surface area contributed by atoms with Crippen LogP contribution in [0, 0.1) is 0 Å². The van der Waals surface area contributed by atoms with E-state index in [9.17, 15) is 9.36 Å². The summed E-state index contributed by atoms with van der Waals surface area (Å²) in [6.07, 6.45) is 8.40. The summed E-state index contributed by atoms with van der Waals surface area (Å²) in [6, 6.07) is 0. The van der Waals surface area contributed by atoms with Gasteiger partial charge in [-0.2, -0.15) is 0 Å². The lowest BCUT2D eigenvalue weighted by atomic mass is 10.0. The maximum Gasteiger partial charge on any atom is 0.338 e. The summed E-state index contributed by atoms with van der Waals surface area (Å²) >= 11 is 0. The van der Waals surface area contributed by atoms with Crippen molar-refractivity contribution in [2.24, 2.45) is 0 Å². The Kier molecular flexibility index (Phi) is 6.55. The van der Waals surface area contributed by atoms with Crippen LogP contribution in [0.3, 0.4) is 0 Å². The molecule has 5 heteroatoms. The highest BCUT2D eigenvalue weighted by molar-refractivity contribution is 7.54. The molecule has 0 saturated carbocycles. The Balaban J connectivity index is 2.63. The van der Waals surface area contributed by atoms with Crippen LogP contribution >= 0.6 is 7.60 Å². The molecular formula is C13H21O4P. The van der Waals surface area contributed by atoms with E-state index in [4.69, 9.17) is 9.05 Å². The average Bonchev–Trinajstić information content (AvgIpc) is 2.30. The first-order chi connectivity index (χ1) is 8.59. The number of rotatable bonds is 7. The summed E-state index contributed by atoms with van der Waals surface area (Å²) in [6.45, 7) is 4.03. The summed E-state index contributed by atoms with van der Waals surface area (Å²) in [5, 5.41) is 0. The normalized spacial score (nSPS) is 18.2. The van der Waals surface area contributed by atoms with E-state index in [0.29, 0.717) is 0 Å². The van der Waals surface area contributed by atoms with Crippen LogP contribution in [0.5, 0.6) is 0 Å². The fourth-order valence-electron chi connectivity index (χ4n) is 1.83. The average molecular weight is 272 g/mol. The molecule has 0 aromatic heterocycles. The van der Waals surface area contributed by atoms with Crippen LogP contribution in [0.2, 0.25) is 0 Å². The van der Waals surface area contributed by atoms with E-state index in [1.807, 2.05) is 12.2 Å². The molecular weight excluding hydrogens is 251 g/mol. The highest BCUT2D eigenvalue weighted by atomic mass is 31.2. The first kappa shape index (κ1) is 15.4. The molecule has 0 bridgehead atoms. The van der Waals surface area contributed by atoms with Gasteiger partial charge in [0.1, 0.15) is 6.16 Å². The first-order valence-electron chi connectivity index (χ1n) is 6.37. The van der Waals surface area contributed by atoms with Gasteiger partial charge in [-0.25, -0.2) is 0 Å². The second kappa shape index (κ2) is 7.67. The minimum atomic E-state index is -3.26. The predicted octanol–water partition coefficient (Wildman–Crippen LogP) is 3.49. The second-order valence-electron chi connectivity index (χ2n) is 4.08. The van der Waals surface area contributed by atoms with E-state index in [-0.39, 0.29) is 25.2 Å². The Morgan fingerprint density at radius 3 is 2.56 bits per heavy atom. The van der Waals surface area contributed by atoms with Crippen LogP contribution in [0.15, 0.2) is 23.8 Å². The minimum Gasteiger partial charge on any atom is -0.309 e. The molecule has 0 spiro atoms. The molecule has 0 N–H and O–H groups in total. The molecule has 0 unspecified atom stereocenters. The van der Waals surface area contributed by atoms with Gasteiger partial charge in [0.15, 0.2) is 5.78 Å². The zero-order valence-electron chi connectivity index (χ0n) is 11.1. The fourth-order valence-corrected chi connectivity index (χ4v) is 3.34. The topological polar surface area (TPSA) is 52.6 Å². The van der Waals surface area contributed by atoms with Crippen LogP contribution in [-0.4, -0.2) is 25.2 Å². The maximum atomic E-state index is 12.2. The molecule has 0 heterocycles. The third kappa shape index (κ3) is 5.30. The molecule has 18 heavy (non-hydrogen) atoms. The number of ketones is 1. The lowest BCUT2D eigenvalue weighted by Gasteiger charge is -2.15. The Bertz CT molecular complexity index is 374. The van der Waals surface area contributed by atoms with Crippen molar-refractivity contribution in [1.82, 2.24) is 0 Å². The summed E-state index contributed by atoms with van der Waals surface area (Å²) in [4.78, 5) is 11.8. The monoisotopic (exact) mass is 272 g/mol. The molecule has 102 valence electrons. The molecule has 0 aromatic carbocycles. The smallest absolute Gasteiger partial charge is 0.309 e. The van der Waals surface area contributed by atoms with Gasteiger partial charge in [-0.05, 0) is 44.8 Å². The van der Waals surface area contributed by atoms with Crippen molar-refractivity contribution < 1.29 is 18.4 Å². The second-order valence-corrected chi connectivity index (χ2v) is 6.14. The van der Waals surface area contributed by atoms with Crippen LogP contribution in [0.1, 0.15) is 33.1 Å². The fraction of sp³-hybridized carbons (Fsp3) is 0.615. The molecule has 0 saturated heterocycles. The number of carbonyl (C=O) groups excluding carboxylic acids is 1. The maximum absolute atomic E-state index is 12.2. The van der Waals surface area contributed by atoms with E-state index >= 15 is 0 Å².